The molecule has 1 aliphatic heterocycles. The Kier molecular flexibility index (Phi) is 5.44. The maximum atomic E-state index is 13.8. The Morgan fingerprint density at radius 1 is 1.17 bits per heavy atom. The SMILES string of the molecule is Cc1cccc(-c2sc(C)nc2C(=O)N2C[C@@H]3C[C@@H]3[C@H]2CNC(=O)c2cc3cc(F)ccc3n2C)c1. The molecule has 1 saturated carbocycles. The van der Waals surface area contributed by atoms with Crippen molar-refractivity contribution in [1.82, 2.24) is 19.8 Å². The van der Waals surface area contributed by atoms with Gasteiger partial charge in [0, 0.05) is 31.0 Å². The van der Waals surface area contributed by atoms with E-state index in [0.717, 1.165) is 32.9 Å². The molecule has 2 aromatic carbocycles. The van der Waals surface area contributed by atoms with Crippen molar-refractivity contribution in [2.24, 2.45) is 18.9 Å². The highest BCUT2D eigenvalue weighted by atomic mass is 32.1. The summed E-state index contributed by atoms with van der Waals surface area (Å²) in [5.41, 5.74) is 3.90. The Morgan fingerprint density at radius 2 is 2.00 bits per heavy atom. The van der Waals surface area contributed by atoms with Crippen LogP contribution in [0.15, 0.2) is 48.5 Å². The lowest BCUT2D eigenvalue weighted by atomic mass is 10.1. The number of thiazole rings is 1. The molecule has 1 N–H and O–H groups in total. The van der Waals surface area contributed by atoms with Crippen LogP contribution < -0.4 is 5.32 Å². The second kappa shape index (κ2) is 8.55. The van der Waals surface area contributed by atoms with Crippen LogP contribution in [0, 0.1) is 31.5 Å². The monoisotopic (exact) mass is 502 g/mol. The van der Waals surface area contributed by atoms with E-state index in [0.29, 0.717) is 41.7 Å². The number of benzene rings is 2. The van der Waals surface area contributed by atoms with Gasteiger partial charge in [0.25, 0.3) is 11.8 Å². The summed E-state index contributed by atoms with van der Waals surface area (Å²) in [6, 6.07) is 14.3. The fraction of sp³-hybridized carbons (Fsp3) is 0.321. The van der Waals surface area contributed by atoms with Gasteiger partial charge in [-0.15, -0.1) is 11.3 Å². The number of halogens is 1. The highest BCUT2D eigenvalue weighted by molar-refractivity contribution is 7.15. The van der Waals surface area contributed by atoms with Crippen molar-refractivity contribution >= 4 is 34.1 Å². The predicted octanol–water partition coefficient (Wildman–Crippen LogP) is 4.95. The van der Waals surface area contributed by atoms with E-state index in [1.807, 2.05) is 36.9 Å². The molecule has 2 amide bonds. The lowest BCUT2D eigenvalue weighted by molar-refractivity contribution is 0.0690. The molecular formula is C28H27FN4O2S. The van der Waals surface area contributed by atoms with E-state index in [2.05, 4.69) is 16.4 Å². The Labute approximate surface area is 212 Å². The van der Waals surface area contributed by atoms with E-state index < -0.39 is 0 Å². The van der Waals surface area contributed by atoms with Crippen LogP contribution in [-0.4, -0.2) is 45.4 Å². The summed E-state index contributed by atoms with van der Waals surface area (Å²) in [5, 5.41) is 4.59. The molecule has 1 saturated heterocycles. The number of piperidine rings is 1. The highest BCUT2D eigenvalue weighted by Gasteiger charge is 2.54. The third-order valence-corrected chi connectivity index (χ3v) is 8.51. The number of rotatable bonds is 5. The zero-order chi connectivity index (χ0) is 25.1. The molecule has 0 spiro atoms. The molecule has 2 aliphatic rings. The first kappa shape index (κ1) is 22.9. The Bertz CT molecular complexity index is 1520. The molecule has 36 heavy (non-hydrogen) atoms. The summed E-state index contributed by atoms with van der Waals surface area (Å²) in [5.74, 6) is 0.261. The molecule has 0 bridgehead atoms. The number of hydrogen-bond acceptors (Lipinski definition) is 4. The van der Waals surface area contributed by atoms with Gasteiger partial charge in [-0.1, -0.05) is 29.8 Å². The van der Waals surface area contributed by atoms with Crippen LogP contribution in [0.25, 0.3) is 21.3 Å². The molecule has 0 unspecified atom stereocenters. The molecule has 184 valence electrons. The van der Waals surface area contributed by atoms with E-state index >= 15 is 0 Å². The summed E-state index contributed by atoms with van der Waals surface area (Å²) < 4.78 is 15.4. The largest absolute Gasteiger partial charge is 0.349 e. The average molecular weight is 503 g/mol. The molecule has 1 aliphatic carbocycles. The highest BCUT2D eigenvalue weighted by Crippen LogP contribution is 2.50. The van der Waals surface area contributed by atoms with Crippen LogP contribution >= 0.6 is 11.3 Å². The quantitative estimate of drug-likeness (QED) is 0.420. The maximum Gasteiger partial charge on any atom is 0.274 e. The Morgan fingerprint density at radius 3 is 2.81 bits per heavy atom. The number of aryl methyl sites for hydroxylation is 3. The van der Waals surface area contributed by atoms with Crippen LogP contribution in [0.5, 0.6) is 0 Å². The maximum absolute atomic E-state index is 13.8. The summed E-state index contributed by atoms with van der Waals surface area (Å²) in [4.78, 5) is 34.3. The standard InChI is InChI=1S/C28H27FN4O2S/c1-15-5-4-6-17(9-15)26-25(31-16(2)36-26)28(35)33-14-19-11-21(19)24(33)13-30-27(34)23-12-18-10-20(29)7-8-22(18)32(23)3/h4-10,12,19,21,24H,11,13-14H2,1-3H3,(H,30,34)/t19-,21-,24+/m0/s1. The van der Waals surface area contributed by atoms with Gasteiger partial charge >= 0.3 is 0 Å². The number of carbonyl (C=O) groups excluding carboxylic acids is 2. The third-order valence-electron chi connectivity index (χ3n) is 7.49. The average Bonchev–Trinajstić information content (AvgIpc) is 3.18. The fourth-order valence-corrected chi connectivity index (χ4v) is 6.49. The van der Waals surface area contributed by atoms with Gasteiger partial charge in [0.15, 0.2) is 0 Å². The lowest BCUT2D eigenvalue weighted by Gasteiger charge is -2.27. The van der Waals surface area contributed by atoms with Gasteiger partial charge in [-0.05, 0) is 61.9 Å². The van der Waals surface area contributed by atoms with Crippen LogP contribution in [0.4, 0.5) is 4.39 Å². The van der Waals surface area contributed by atoms with Gasteiger partial charge in [-0.25, -0.2) is 9.37 Å². The zero-order valence-electron chi connectivity index (χ0n) is 20.4. The minimum atomic E-state index is -0.331. The molecule has 3 heterocycles. The number of nitrogens with zero attached hydrogens (tertiary/aromatic N) is 3. The molecule has 2 fully saturated rings. The van der Waals surface area contributed by atoms with E-state index in [-0.39, 0.29) is 23.7 Å². The number of likely N-dealkylation sites (tertiary alicyclic amines) is 1. The molecule has 6 nitrogen and oxygen atoms in total. The first-order valence-corrected chi connectivity index (χ1v) is 13.0. The van der Waals surface area contributed by atoms with E-state index in [4.69, 9.17) is 0 Å². The van der Waals surface area contributed by atoms with Gasteiger partial charge in [-0.3, -0.25) is 9.59 Å². The van der Waals surface area contributed by atoms with Gasteiger partial charge in [0.1, 0.15) is 17.2 Å². The van der Waals surface area contributed by atoms with Gasteiger partial charge in [0.2, 0.25) is 0 Å². The van der Waals surface area contributed by atoms with E-state index in [9.17, 15) is 14.0 Å². The molecule has 8 heteroatoms. The first-order chi connectivity index (χ1) is 17.3. The van der Waals surface area contributed by atoms with Crippen LogP contribution in [0.3, 0.4) is 0 Å². The summed E-state index contributed by atoms with van der Waals surface area (Å²) in [7, 11) is 1.80. The number of amides is 2. The topological polar surface area (TPSA) is 67.2 Å². The van der Waals surface area contributed by atoms with Crippen molar-refractivity contribution in [1.29, 1.82) is 0 Å². The number of carbonyl (C=O) groups is 2. The Balaban J connectivity index is 1.22. The molecule has 4 aromatic rings. The fourth-order valence-electron chi connectivity index (χ4n) is 5.58. The van der Waals surface area contributed by atoms with Crippen LogP contribution in [-0.2, 0) is 7.05 Å². The molecule has 6 rings (SSSR count). The number of nitrogens with one attached hydrogen (secondary N) is 1. The first-order valence-electron chi connectivity index (χ1n) is 12.2. The van der Waals surface area contributed by atoms with Crippen molar-refractivity contribution < 1.29 is 14.0 Å². The summed E-state index contributed by atoms with van der Waals surface area (Å²) >= 11 is 1.54. The minimum absolute atomic E-state index is 0.0639. The third kappa shape index (κ3) is 3.89. The van der Waals surface area contributed by atoms with Crippen molar-refractivity contribution in [2.45, 2.75) is 26.3 Å². The second-order valence-corrected chi connectivity index (χ2v) is 11.2. The minimum Gasteiger partial charge on any atom is -0.349 e. The van der Waals surface area contributed by atoms with Crippen LogP contribution in [0.1, 0.15) is 38.0 Å². The van der Waals surface area contributed by atoms with Gasteiger partial charge in [-0.2, -0.15) is 0 Å². The number of fused-ring (bicyclic) bond motifs is 2. The molecule has 3 atom stereocenters. The lowest BCUT2D eigenvalue weighted by Crippen LogP contribution is -2.46. The summed E-state index contributed by atoms with van der Waals surface area (Å²) in [6.07, 6.45) is 1.08. The number of hydrogen-bond donors (Lipinski definition) is 1. The zero-order valence-corrected chi connectivity index (χ0v) is 21.2. The van der Waals surface area contributed by atoms with E-state index in [1.54, 1.807) is 23.7 Å². The number of aromatic nitrogens is 2. The molecule has 0 radical (unpaired) electrons. The predicted molar refractivity (Wildman–Crippen MR) is 139 cm³/mol. The van der Waals surface area contributed by atoms with Crippen molar-refractivity contribution in [3.8, 4) is 10.4 Å². The van der Waals surface area contributed by atoms with Crippen LogP contribution in [0.2, 0.25) is 0 Å². The van der Waals surface area contributed by atoms with Gasteiger partial charge < -0.3 is 14.8 Å². The molecular weight excluding hydrogens is 475 g/mol. The van der Waals surface area contributed by atoms with E-state index in [1.165, 1.54) is 23.5 Å². The smallest absolute Gasteiger partial charge is 0.274 e. The second-order valence-electron chi connectivity index (χ2n) is 9.97. The molecule has 2 aromatic heterocycles. The van der Waals surface area contributed by atoms with Crippen molar-refractivity contribution in [3.05, 3.63) is 76.3 Å². The Hall–Kier alpha value is -3.52. The van der Waals surface area contributed by atoms with Gasteiger partial charge in [0.05, 0.1) is 15.9 Å². The van der Waals surface area contributed by atoms with Crippen molar-refractivity contribution in [2.75, 3.05) is 13.1 Å². The summed E-state index contributed by atoms with van der Waals surface area (Å²) in [6.45, 7) is 5.04. The van der Waals surface area contributed by atoms with Crippen molar-refractivity contribution in [3.63, 3.8) is 0 Å². The normalized spacial score (nSPS) is 20.6.